The van der Waals surface area contributed by atoms with Gasteiger partial charge in [-0.1, -0.05) is 22.4 Å². The number of nitrogens with zero attached hydrogens (tertiary/aromatic N) is 1. The molecule has 0 aromatic heterocycles. The number of carbonyl (C=O) groups is 1. The molecule has 1 N–H and O–H groups in total. The lowest BCUT2D eigenvalue weighted by Gasteiger charge is -2.26. The smallest absolute Gasteiger partial charge is 0.255 e. The van der Waals surface area contributed by atoms with Gasteiger partial charge in [0.25, 0.3) is 5.91 Å². The Balaban J connectivity index is 1.89. The molecule has 1 fully saturated rings. The summed E-state index contributed by atoms with van der Waals surface area (Å²) < 4.78 is 55.3. The van der Waals surface area contributed by atoms with Crippen molar-refractivity contribution in [3.8, 4) is 0 Å². The van der Waals surface area contributed by atoms with Gasteiger partial charge in [0.1, 0.15) is 16.5 Å². The van der Waals surface area contributed by atoms with Crippen LogP contribution in [0.4, 0.5) is 14.5 Å². The van der Waals surface area contributed by atoms with Crippen LogP contribution in [0, 0.1) is 11.6 Å². The van der Waals surface area contributed by atoms with Crippen molar-refractivity contribution in [3.63, 3.8) is 0 Å². The van der Waals surface area contributed by atoms with Crippen molar-refractivity contribution >= 4 is 37.5 Å². The number of hydrogen-bond acceptors (Lipinski definition) is 3. The molecule has 0 radical (unpaired) electrons. The molecule has 2 aromatic rings. The Morgan fingerprint density at radius 2 is 1.70 bits per heavy atom. The topological polar surface area (TPSA) is 66.5 Å². The molecule has 9 heteroatoms. The summed E-state index contributed by atoms with van der Waals surface area (Å²) in [5.41, 5.74) is -0.137. The van der Waals surface area contributed by atoms with Crippen molar-refractivity contribution in [1.82, 2.24) is 4.31 Å². The van der Waals surface area contributed by atoms with Crippen LogP contribution in [-0.2, 0) is 10.0 Å². The highest BCUT2D eigenvalue weighted by Crippen LogP contribution is 2.25. The average molecular weight is 459 g/mol. The number of halogens is 3. The summed E-state index contributed by atoms with van der Waals surface area (Å²) in [6.45, 7) is 0.643. The normalized spacial score (nSPS) is 15.5. The first-order valence-corrected chi connectivity index (χ1v) is 10.6. The highest BCUT2D eigenvalue weighted by Gasteiger charge is 2.29. The molecule has 0 saturated carbocycles. The van der Waals surface area contributed by atoms with Gasteiger partial charge < -0.3 is 5.32 Å². The van der Waals surface area contributed by atoms with Crippen LogP contribution in [-0.4, -0.2) is 31.7 Å². The summed E-state index contributed by atoms with van der Waals surface area (Å²) in [5.74, 6) is -2.31. The van der Waals surface area contributed by atoms with E-state index in [9.17, 15) is 22.0 Å². The van der Waals surface area contributed by atoms with Gasteiger partial charge in [0.15, 0.2) is 0 Å². The van der Waals surface area contributed by atoms with Gasteiger partial charge in [-0.05, 0) is 49.2 Å². The predicted octanol–water partition coefficient (Wildman–Crippen LogP) is 4.15. The molecule has 3 rings (SSSR count). The van der Waals surface area contributed by atoms with Crippen LogP contribution < -0.4 is 5.32 Å². The zero-order valence-corrected chi connectivity index (χ0v) is 16.6. The molecule has 144 valence electrons. The molecule has 1 aliphatic rings. The average Bonchev–Trinajstić information content (AvgIpc) is 2.65. The second-order valence-electron chi connectivity index (χ2n) is 6.19. The maximum absolute atomic E-state index is 14.2. The number of carbonyl (C=O) groups excluding carboxylic acids is 1. The quantitative estimate of drug-likeness (QED) is 0.747. The van der Waals surface area contributed by atoms with Gasteiger partial charge in [-0.25, -0.2) is 17.2 Å². The first-order valence-electron chi connectivity index (χ1n) is 8.35. The van der Waals surface area contributed by atoms with Crippen LogP contribution in [0.15, 0.2) is 45.8 Å². The van der Waals surface area contributed by atoms with Gasteiger partial charge in [0.2, 0.25) is 10.0 Å². The molecule has 0 atom stereocenters. The van der Waals surface area contributed by atoms with Crippen molar-refractivity contribution in [1.29, 1.82) is 0 Å². The lowest BCUT2D eigenvalue weighted by Crippen LogP contribution is -2.36. The molecule has 1 heterocycles. The van der Waals surface area contributed by atoms with Gasteiger partial charge >= 0.3 is 0 Å². The molecule has 0 spiro atoms. The maximum Gasteiger partial charge on any atom is 0.255 e. The van der Waals surface area contributed by atoms with E-state index in [1.165, 1.54) is 16.4 Å². The Kier molecular flexibility index (Phi) is 5.92. The summed E-state index contributed by atoms with van der Waals surface area (Å²) in [6, 6.07) is 7.19. The van der Waals surface area contributed by atoms with Crippen molar-refractivity contribution in [2.24, 2.45) is 0 Å². The zero-order chi connectivity index (χ0) is 19.6. The van der Waals surface area contributed by atoms with E-state index in [-0.39, 0.29) is 11.3 Å². The van der Waals surface area contributed by atoms with E-state index in [1.807, 2.05) is 0 Å². The summed E-state index contributed by atoms with van der Waals surface area (Å²) >= 11 is 3.12. The summed E-state index contributed by atoms with van der Waals surface area (Å²) in [5, 5.41) is 2.37. The van der Waals surface area contributed by atoms with E-state index in [0.29, 0.717) is 30.4 Å². The molecule has 0 unspecified atom stereocenters. The Bertz CT molecular complexity index is 977. The van der Waals surface area contributed by atoms with E-state index in [0.717, 1.165) is 24.6 Å². The number of piperidine rings is 1. The SMILES string of the molecule is O=C(Nc1ccc(Br)cc1F)c1ccc(F)c(S(=O)(=O)N2CCCCC2)c1. The lowest BCUT2D eigenvalue weighted by atomic mass is 10.2. The van der Waals surface area contributed by atoms with Crippen LogP contribution in [0.2, 0.25) is 0 Å². The molecule has 0 aliphatic carbocycles. The lowest BCUT2D eigenvalue weighted by molar-refractivity contribution is 0.102. The second-order valence-corrected chi connectivity index (χ2v) is 9.01. The largest absolute Gasteiger partial charge is 0.319 e. The maximum atomic E-state index is 14.2. The van der Waals surface area contributed by atoms with E-state index in [4.69, 9.17) is 0 Å². The molecule has 1 saturated heterocycles. The minimum atomic E-state index is -4.04. The van der Waals surface area contributed by atoms with Crippen molar-refractivity contribution < 1.29 is 22.0 Å². The summed E-state index contributed by atoms with van der Waals surface area (Å²) in [7, 11) is -4.04. The van der Waals surface area contributed by atoms with Crippen LogP contribution >= 0.6 is 15.9 Å². The van der Waals surface area contributed by atoms with Crippen LogP contribution in [0.1, 0.15) is 29.6 Å². The van der Waals surface area contributed by atoms with Crippen LogP contribution in [0.5, 0.6) is 0 Å². The Morgan fingerprint density at radius 3 is 2.37 bits per heavy atom. The fourth-order valence-corrected chi connectivity index (χ4v) is 4.81. The number of amides is 1. The van der Waals surface area contributed by atoms with E-state index in [2.05, 4.69) is 21.2 Å². The molecule has 5 nitrogen and oxygen atoms in total. The molecule has 1 aliphatic heterocycles. The van der Waals surface area contributed by atoms with Crippen molar-refractivity contribution in [2.45, 2.75) is 24.2 Å². The first-order chi connectivity index (χ1) is 12.8. The van der Waals surface area contributed by atoms with Crippen molar-refractivity contribution in [3.05, 3.63) is 58.1 Å². The monoisotopic (exact) mass is 458 g/mol. The van der Waals surface area contributed by atoms with E-state index < -0.39 is 32.5 Å². The Hall–Kier alpha value is -1.84. The second kappa shape index (κ2) is 8.04. The number of anilines is 1. The Labute approximate surface area is 164 Å². The molecular weight excluding hydrogens is 442 g/mol. The molecule has 0 bridgehead atoms. The van der Waals surface area contributed by atoms with Gasteiger partial charge in [0, 0.05) is 23.1 Å². The third kappa shape index (κ3) is 4.36. The third-order valence-electron chi connectivity index (χ3n) is 4.31. The fourth-order valence-electron chi connectivity index (χ4n) is 2.87. The van der Waals surface area contributed by atoms with Gasteiger partial charge in [-0.3, -0.25) is 4.79 Å². The van der Waals surface area contributed by atoms with Gasteiger partial charge in [-0.2, -0.15) is 4.31 Å². The zero-order valence-electron chi connectivity index (χ0n) is 14.2. The molecule has 1 amide bonds. The number of nitrogens with one attached hydrogen (secondary N) is 1. The van der Waals surface area contributed by atoms with Gasteiger partial charge in [0.05, 0.1) is 5.69 Å². The third-order valence-corrected chi connectivity index (χ3v) is 6.71. The molecule has 27 heavy (non-hydrogen) atoms. The highest BCUT2D eigenvalue weighted by atomic mass is 79.9. The first kappa shape index (κ1) is 19.9. The number of sulfonamides is 1. The Morgan fingerprint density at radius 1 is 1.00 bits per heavy atom. The molecular formula is C18H17BrF2N2O3S. The highest BCUT2D eigenvalue weighted by molar-refractivity contribution is 9.10. The van der Waals surface area contributed by atoms with Crippen LogP contribution in [0.25, 0.3) is 0 Å². The van der Waals surface area contributed by atoms with E-state index in [1.54, 1.807) is 6.07 Å². The summed E-state index contributed by atoms with van der Waals surface area (Å²) in [6.07, 6.45) is 2.35. The number of rotatable bonds is 4. The van der Waals surface area contributed by atoms with Gasteiger partial charge in [-0.15, -0.1) is 0 Å². The molecule has 2 aromatic carbocycles. The van der Waals surface area contributed by atoms with E-state index >= 15 is 0 Å². The predicted molar refractivity (Wildman–Crippen MR) is 101 cm³/mol. The fraction of sp³-hybridized carbons (Fsp3) is 0.278. The number of benzene rings is 2. The number of hydrogen-bond donors (Lipinski definition) is 1. The standard InChI is InChI=1S/C18H17BrF2N2O3S/c19-13-5-7-16(15(21)11-13)22-18(24)12-4-6-14(20)17(10-12)27(25,26)23-8-2-1-3-9-23/h4-7,10-11H,1-3,8-9H2,(H,22,24). The summed E-state index contributed by atoms with van der Waals surface area (Å²) in [4.78, 5) is 11.8. The minimum absolute atomic E-state index is 0.0621. The van der Waals surface area contributed by atoms with Crippen molar-refractivity contribution in [2.75, 3.05) is 18.4 Å². The van der Waals surface area contributed by atoms with Crippen LogP contribution in [0.3, 0.4) is 0 Å². The minimum Gasteiger partial charge on any atom is -0.319 e.